The number of nitrogens with one attached hydrogen (secondary N) is 4. The van der Waals surface area contributed by atoms with Gasteiger partial charge in [0.1, 0.15) is 22.0 Å². The van der Waals surface area contributed by atoms with Gasteiger partial charge in [-0.3, -0.25) is 19.2 Å². The lowest BCUT2D eigenvalue weighted by Crippen LogP contribution is -2.30. The van der Waals surface area contributed by atoms with Crippen molar-refractivity contribution >= 4 is 69.2 Å². The molecule has 0 saturated heterocycles. The van der Waals surface area contributed by atoms with E-state index in [-0.39, 0.29) is 22.2 Å². The molecular formula is C49H37N5O4S2. The van der Waals surface area contributed by atoms with Crippen LogP contribution in [0.15, 0.2) is 180 Å². The minimum absolute atomic E-state index is 0.0345. The highest BCUT2D eigenvalue weighted by atomic mass is 32.2. The van der Waals surface area contributed by atoms with Crippen LogP contribution in [0.3, 0.4) is 0 Å². The lowest BCUT2D eigenvalue weighted by molar-refractivity contribution is -0.116. The summed E-state index contributed by atoms with van der Waals surface area (Å²) in [5.41, 5.74) is 5.63. The van der Waals surface area contributed by atoms with Gasteiger partial charge < -0.3 is 21.3 Å². The van der Waals surface area contributed by atoms with Gasteiger partial charge in [-0.25, -0.2) is 0 Å². The van der Waals surface area contributed by atoms with Gasteiger partial charge in [-0.1, -0.05) is 127 Å². The molecule has 0 bridgehead atoms. The number of para-hydroxylation sites is 1. The molecule has 4 amide bonds. The van der Waals surface area contributed by atoms with Crippen molar-refractivity contribution in [3.8, 4) is 17.2 Å². The van der Waals surface area contributed by atoms with Crippen LogP contribution in [0.5, 0.6) is 0 Å². The van der Waals surface area contributed by atoms with E-state index in [1.54, 1.807) is 67.6 Å². The number of benzene rings is 6. The van der Waals surface area contributed by atoms with Crippen LogP contribution in [0, 0.1) is 18.3 Å². The number of carbonyl (C=O) groups excluding carboxylic acids is 4. The number of nitrogens with zero attached hydrogens (tertiary/aromatic N) is 1. The van der Waals surface area contributed by atoms with Crippen molar-refractivity contribution < 1.29 is 19.2 Å². The zero-order valence-electron chi connectivity index (χ0n) is 32.2. The largest absolute Gasteiger partial charge is 0.321 e. The normalized spacial score (nSPS) is 11.4. The average molecular weight is 824 g/mol. The SMILES string of the molecule is Cc1c(C(=O)Nc2ccccc2)sc(NC(=O)C(Sc2cccc(NC(=O)/C(=C\c3ccc(-c4ccccc4)cc3)NC(=O)c3ccccc3)c2)c2ccccc2)c1C#N. The van der Waals surface area contributed by atoms with Crippen molar-refractivity contribution in [1.29, 1.82) is 5.26 Å². The molecule has 0 spiro atoms. The Bertz CT molecular complexity index is 2710. The minimum atomic E-state index is -0.785. The molecule has 0 aliphatic carbocycles. The Balaban J connectivity index is 1.12. The third kappa shape index (κ3) is 10.1. The summed E-state index contributed by atoms with van der Waals surface area (Å²) in [6.45, 7) is 1.68. The molecule has 4 N–H and O–H groups in total. The first-order valence-corrected chi connectivity index (χ1v) is 20.5. The zero-order chi connectivity index (χ0) is 41.8. The van der Waals surface area contributed by atoms with E-state index in [2.05, 4.69) is 27.3 Å². The topological polar surface area (TPSA) is 140 Å². The molecule has 0 aliphatic rings. The number of nitriles is 1. The highest BCUT2D eigenvalue weighted by Gasteiger charge is 2.27. The van der Waals surface area contributed by atoms with E-state index >= 15 is 0 Å². The molecule has 9 nitrogen and oxygen atoms in total. The summed E-state index contributed by atoms with van der Waals surface area (Å²) in [7, 11) is 0. The van der Waals surface area contributed by atoms with Gasteiger partial charge in [0.15, 0.2) is 0 Å². The maximum atomic E-state index is 14.2. The summed E-state index contributed by atoms with van der Waals surface area (Å²) in [5.74, 6) is -1.77. The van der Waals surface area contributed by atoms with E-state index in [0.717, 1.165) is 22.5 Å². The number of hydrogen-bond acceptors (Lipinski definition) is 7. The van der Waals surface area contributed by atoms with Gasteiger partial charge in [-0.05, 0) is 83.3 Å². The van der Waals surface area contributed by atoms with Gasteiger partial charge in [-0.2, -0.15) is 5.26 Å². The third-order valence-corrected chi connectivity index (χ3v) is 11.7. The van der Waals surface area contributed by atoms with E-state index in [4.69, 9.17) is 0 Å². The Kier molecular flexibility index (Phi) is 13.1. The van der Waals surface area contributed by atoms with Gasteiger partial charge in [0.25, 0.3) is 17.7 Å². The molecule has 0 radical (unpaired) electrons. The standard InChI is InChI=1S/C49H37N5O4S2/c1-32-41(31-50)49(60-43(32)47(57)51-38-21-12-5-13-22-38)54-48(58)44(36-17-8-3-9-18-36)59-40-24-14-23-39(30-40)52-46(56)42(53-45(55)37-19-10-4-11-20-37)29-33-25-27-35(28-26-33)34-15-6-2-7-16-34/h2-30,44H,1H3,(H,51,57)(H,52,56)(H,53,55)(H,54,58)/b42-29+. The fourth-order valence-electron chi connectivity index (χ4n) is 6.23. The first-order chi connectivity index (χ1) is 29.2. The number of thioether (sulfide) groups is 1. The van der Waals surface area contributed by atoms with Crippen LogP contribution in [0.2, 0.25) is 0 Å². The first-order valence-electron chi connectivity index (χ1n) is 18.8. The maximum absolute atomic E-state index is 14.2. The van der Waals surface area contributed by atoms with Gasteiger partial charge >= 0.3 is 0 Å². The molecule has 6 aromatic carbocycles. The second-order valence-corrected chi connectivity index (χ2v) is 15.6. The van der Waals surface area contributed by atoms with Crippen molar-refractivity contribution in [1.82, 2.24) is 5.32 Å². The predicted molar refractivity (Wildman–Crippen MR) is 241 cm³/mol. The van der Waals surface area contributed by atoms with E-state index in [9.17, 15) is 24.4 Å². The second-order valence-electron chi connectivity index (χ2n) is 13.4. The number of amides is 4. The third-order valence-electron chi connectivity index (χ3n) is 9.28. The van der Waals surface area contributed by atoms with Crippen LogP contribution in [0.25, 0.3) is 17.2 Å². The highest BCUT2D eigenvalue weighted by molar-refractivity contribution is 8.00. The van der Waals surface area contributed by atoms with E-state index < -0.39 is 23.0 Å². The smallest absolute Gasteiger partial charge is 0.272 e. The van der Waals surface area contributed by atoms with E-state index in [1.165, 1.54) is 11.8 Å². The molecular weight excluding hydrogens is 787 g/mol. The summed E-state index contributed by atoms with van der Waals surface area (Å²) < 4.78 is 0. The van der Waals surface area contributed by atoms with Crippen LogP contribution in [0.1, 0.15) is 47.5 Å². The van der Waals surface area contributed by atoms with Gasteiger partial charge in [0.2, 0.25) is 5.91 Å². The molecule has 1 atom stereocenters. The van der Waals surface area contributed by atoms with E-state index in [1.807, 2.05) is 115 Å². The summed E-state index contributed by atoms with van der Waals surface area (Å²) in [4.78, 5) is 55.6. The molecule has 0 fully saturated rings. The van der Waals surface area contributed by atoms with Crippen molar-refractivity contribution in [2.75, 3.05) is 16.0 Å². The minimum Gasteiger partial charge on any atom is -0.321 e. The summed E-state index contributed by atoms with van der Waals surface area (Å²) >= 11 is 2.30. The molecule has 1 heterocycles. The molecule has 7 rings (SSSR count). The fourth-order valence-corrected chi connectivity index (χ4v) is 8.37. The summed E-state index contributed by atoms with van der Waals surface area (Å²) in [5, 5.41) is 21.1. The van der Waals surface area contributed by atoms with Crippen LogP contribution >= 0.6 is 23.1 Å². The molecule has 1 unspecified atom stereocenters. The number of hydrogen-bond donors (Lipinski definition) is 4. The monoisotopic (exact) mass is 823 g/mol. The Hall–Kier alpha value is -7.52. The quantitative estimate of drug-likeness (QED) is 0.0674. The summed E-state index contributed by atoms with van der Waals surface area (Å²) in [6.07, 6.45) is 1.62. The number of rotatable bonds is 13. The van der Waals surface area contributed by atoms with Crippen LogP contribution in [-0.2, 0) is 9.59 Å². The van der Waals surface area contributed by atoms with Crippen molar-refractivity contribution in [3.63, 3.8) is 0 Å². The molecule has 7 aromatic rings. The zero-order valence-corrected chi connectivity index (χ0v) is 33.9. The number of anilines is 3. The highest BCUT2D eigenvalue weighted by Crippen LogP contribution is 2.39. The average Bonchev–Trinajstić information content (AvgIpc) is 3.60. The lowest BCUT2D eigenvalue weighted by atomic mass is 10.0. The Morgan fingerprint density at radius 2 is 1.25 bits per heavy atom. The molecule has 1 aromatic heterocycles. The van der Waals surface area contributed by atoms with Gasteiger partial charge in [0, 0.05) is 21.8 Å². The number of carbonyl (C=O) groups is 4. The molecule has 11 heteroatoms. The van der Waals surface area contributed by atoms with Crippen LogP contribution in [0.4, 0.5) is 16.4 Å². The predicted octanol–water partition coefficient (Wildman–Crippen LogP) is 10.7. The second kappa shape index (κ2) is 19.3. The van der Waals surface area contributed by atoms with Crippen LogP contribution < -0.4 is 21.3 Å². The fraction of sp³-hybridized carbons (Fsp3) is 0.0408. The van der Waals surface area contributed by atoms with Crippen molar-refractivity contribution in [2.45, 2.75) is 17.1 Å². The maximum Gasteiger partial charge on any atom is 0.272 e. The molecule has 0 saturated carbocycles. The molecule has 0 aliphatic heterocycles. The molecule has 60 heavy (non-hydrogen) atoms. The van der Waals surface area contributed by atoms with Crippen LogP contribution in [-0.4, -0.2) is 23.6 Å². The van der Waals surface area contributed by atoms with Gasteiger partial charge in [0.05, 0.1) is 10.4 Å². The Morgan fingerprint density at radius 3 is 1.92 bits per heavy atom. The van der Waals surface area contributed by atoms with E-state index in [0.29, 0.717) is 43.4 Å². The van der Waals surface area contributed by atoms with Crippen molar-refractivity contribution in [2.24, 2.45) is 0 Å². The number of thiophene rings is 1. The Morgan fingerprint density at radius 1 is 0.650 bits per heavy atom. The van der Waals surface area contributed by atoms with Crippen molar-refractivity contribution in [3.05, 3.63) is 208 Å². The first kappa shape index (κ1) is 40.7. The van der Waals surface area contributed by atoms with Gasteiger partial charge in [-0.15, -0.1) is 23.1 Å². The lowest BCUT2D eigenvalue weighted by Gasteiger charge is -2.17. The Labute approximate surface area is 355 Å². The molecule has 294 valence electrons. The summed E-state index contributed by atoms with van der Waals surface area (Å²) in [6, 6.07) is 53.7.